The maximum absolute atomic E-state index is 12.4. The van der Waals surface area contributed by atoms with Crippen molar-refractivity contribution in [1.82, 2.24) is 19.9 Å². The van der Waals surface area contributed by atoms with E-state index in [0.29, 0.717) is 89.3 Å². The van der Waals surface area contributed by atoms with Crippen molar-refractivity contribution in [2.24, 2.45) is 59.2 Å². The van der Waals surface area contributed by atoms with E-state index in [1.807, 2.05) is 214 Å². The van der Waals surface area contributed by atoms with Gasteiger partial charge in [0.05, 0.1) is 96.4 Å². The third-order valence-electron chi connectivity index (χ3n) is 22.9. The number of alkyl halides is 4. The van der Waals surface area contributed by atoms with Crippen LogP contribution >= 0.6 is 27.5 Å². The highest BCUT2D eigenvalue weighted by atomic mass is 79.9. The first-order valence-electron chi connectivity index (χ1n) is 44.5. The third kappa shape index (κ3) is 37.5. The number of nitrogen functional groups attached to an aromatic ring is 2. The van der Waals surface area contributed by atoms with Crippen molar-refractivity contribution in [3.8, 4) is 5.75 Å². The summed E-state index contributed by atoms with van der Waals surface area (Å²) in [5.74, 6) is -0.600. The summed E-state index contributed by atoms with van der Waals surface area (Å²) in [6, 6.07) is 74.0. The minimum Gasteiger partial charge on any atom is -0.481 e. The number of rotatable bonds is 30. The second-order valence-corrected chi connectivity index (χ2v) is 35.1. The Morgan fingerprint density at radius 2 is 0.724 bits per heavy atom. The molecular weight excluding hydrogens is 1800 g/mol. The molecule has 16 rings (SSSR count). The number of nitrogens with two attached hydrogens (primary N) is 2. The molecule has 2 amide bonds. The van der Waals surface area contributed by atoms with Gasteiger partial charge in [-0.05, 0) is 227 Å². The van der Waals surface area contributed by atoms with Gasteiger partial charge in [-0.1, -0.05) is 221 Å². The fourth-order valence-corrected chi connectivity index (χ4v) is 16.0. The fraction of sp³-hybridized carbons (Fsp3) is 0.333. The second-order valence-electron chi connectivity index (χ2n) is 34.1. The first kappa shape index (κ1) is 103. The van der Waals surface area contributed by atoms with E-state index in [-0.39, 0.29) is 97.1 Å². The molecule has 704 valence electrons. The predicted molar refractivity (Wildman–Crippen MR) is 508 cm³/mol. The summed E-state index contributed by atoms with van der Waals surface area (Å²) in [6.45, 7) is 5.52. The van der Waals surface area contributed by atoms with E-state index in [0.717, 1.165) is 150 Å². The lowest BCUT2D eigenvalue weighted by Crippen LogP contribution is -2.33. The Balaban J connectivity index is 0.000000169. The van der Waals surface area contributed by atoms with Gasteiger partial charge in [-0.2, -0.15) is 0 Å². The molecule has 4 heterocycles. The van der Waals surface area contributed by atoms with E-state index < -0.39 is 18.3 Å². The van der Waals surface area contributed by atoms with Gasteiger partial charge in [-0.3, -0.25) is 53.3 Å². The van der Waals surface area contributed by atoms with E-state index >= 15 is 0 Å². The molecule has 0 aliphatic heterocycles. The first-order chi connectivity index (χ1) is 64.5. The molecule has 0 radical (unpaired) electrons. The Hall–Kier alpha value is -13.2. The van der Waals surface area contributed by atoms with E-state index in [4.69, 9.17) is 57.3 Å². The van der Waals surface area contributed by atoms with Crippen LogP contribution in [-0.2, 0) is 122 Å². The maximum atomic E-state index is 12.4. The summed E-state index contributed by atoms with van der Waals surface area (Å²) in [4.78, 5) is 110. The molecule has 9 N–H and O–H groups in total. The molecule has 5 fully saturated rings. The van der Waals surface area contributed by atoms with Crippen molar-refractivity contribution in [3.63, 3.8) is 0 Å². The molecule has 5 aliphatic rings. The van der Waals surface area contributed by atoms with Crippen LogP contribution in [0, 0.1) is 73.0 Å². The lowest BCUT2D eigenvalue weighted by atomic mass is 9.73. The van der Waals surface area contributed by atoms with Crippen molar-refractivity contribution in [2.75, 3.05) is 34.0 Å². The zero-order valence-electron chi connectivity index (χ0n) is 74.7. The minimum atomic E-state index is -4.79. The van der Waals surface area contributed by atoms with Gasteiger partial charge in [0, 0.05) is 29.0 Å². The molecule has 134 heavy (non-hydrogen) atoms. The number of halogens is 5. The van der Waals surface area contributed by atoms with Crippen molar-refractivity contribution in [1.29, 1.82) is 0 Å². The highest BCUT2D eigenvalue weighted by Gasteiger charge is 2.40. The number of aliphatic carboxylic acids is 2. The molecule has 0 saturated heterocycles. The van der Waals surface area contributed by atoms with Crippen LogP contribution in [0.15, 0.2) is 267 Å². The molecule has 5 saturated carbocycles. The van der Waals surface area contributed by atoms with Gasteiger partial charge in [-0.25, -0.2) is 4.98 Å². The number of ether oxygens (including phenoxy) is 5. The molecule has 0 bridgehead atoms. The number of aliphatic hydroxyl groups excluding tert-OH is 1. The smallest absolute Gasteiger partial charge is 0.481 e. The lowest BCUT2D eigenvalue weighted by molar-refractivity contribution is -0.274. The zero-order chi connectivity index (χ0) is 95.7. The van der Waals surface area contributed by atoms with E-state index in [1.54, 1.807) is 42.9 Å². The van der Waals surface area contributed by atoms with Crippen molar-refractivity contribution >= 4 is 97.9 Å². The summed E-state index contributed by atoms with van der Waals surface area (Å²) in [7, 11) is 0. The highest BCUT2D eigenvalue weighted by Crippen LogP contribution is 2.41. The zero-order valence-corrected chi connectivity index (χ0v) is 77.1. The third-order valence-corrected chi connectivity index (χ3v) is 24.1. The van der Waals surface area contributed by atoms with Gasteiger partial charge < -0.3 is 61.1 Å². The monoisotopic (exact) mass is 1910 g/mol. The standard InChI is InChI=1S/C27H25F3N2O4.C20H22N2O3.C18H20N2O2.C13H15BrO2.C13H16O3.C9H10O2.C5H5ClN2/c28-27(29,30)36-24-8-4-7-19(14-24)15-25(33)32-23-10-9-22(31-16-23)13-20-11-21(12-20)26(34)35-17-18-5-2-1-3-6-18;1-13-3-2-4-14(7-13)11-19(23)22-18-6-5-17(21-12-18)10-15-8-16(9-15)20(24)25;19-16-6-7-17(20-11-16)10-14-8-15(9-14)18(21)22-12-13-4-2-1-3-5-13;2*14-8-11-6-12(7-11)13(15)16-9-10-4-2-1-3-5-10;1-7-3-2-4-8(5-7)6-9(10)11;6-5-2-1-4(7)3-8-5/h1-10,14,16,20-21H,11-13,15,17H2,(H,32,33);2-7,12,15-16H,8-11H2,1H3,(H,22,23)(H,24,25);1-7,11,14-15H,8-10,12,19H2;1-5,11-12H,6-9H2;1-5,11-12,14H,6-9H2;2-5H,6H2,1H3,(H,10,11);1-3H,7H2. The van der Waals surface area contributed by atoms with Gasteiger partial charge in [0.1, 0.15) is 37.3 Å². The van der Waals surface area contributed by atoms with Crippen molar-refractivity contribution in [3.05, 3.63) is 340 Å². The quantitative estimate of drug-likeness (QED) is 0.00951. The van der Waals surface area contributed by atoms with E-state index in [1.165, 1.54) is 24.4 Å². The van der Waals surface area contributed by atoms with E-state index in [2.05, 4.69) is 51.2 Å². The maximum Gasteiger partial charge on any atom is 0.573 e. The van der Waals surface area contributed by atoms with Crippen LogP contribution in [0.2, 0.25) is 5.15 Å². The van der Waals surface area contributed by atoms with Crippen LogP contribution in [-0.4, -0.2) is 101 Å². The predicted octanol–water partition coefficient (Wildman–Crippen LogP) is 19.5. The molecule has 0 unspecified atom stereocenters. The fourth-order valence-electron chi connectivity index (χ4n) is 15.3. The number of esters is 4. The van der Waals surface area contributed by atoms with Crippen LogP contribution in [0.4, 0.5) is 35.9 Å². The number of aryl methyl sites for hydroxylation is 2. The minimum absolute atomic E-state index is 0.000798. The van der Waals surface area contributed by atoms with Crippen molar-refractivity contribution < 1.29 is 90.5 Å². The number of carboxylic acids is 2. The summed E-state index contributed by atoms with van der Waals surface area (Å²) in [6.07, 6.45) is 12.6. The number of aliphatic hydroxyl groups is 1. The molecular formula is C105H113BrClF3N8O16. The van der Waals surface area contributed by atoms with Gasteiger partial charge in [0.25, 0.3) is 0 Å². The number of pyridine rings is 4. The van der Waals surface area contributed by atoms with Crippen LogP contribution in [0.5, 0.6) is 5.75 Å². The Kier molecular flexibility index (Phi) is 41.1. The molecule has 0 spiro atoms. The van der Waals surface area contributed by atoms with Crippen LogP contribution in [0.1, 0.15) is 131 Å². The van der Waals surface area contributed by atoms with Gasteiger partial charge in [0.15, 0.2) is 0 Å². The number of hydrogen-bond acceptors (Lipinski definition) is 20. The molecule has 29 heteroatoms. The Bertz CT molecular complexity index is 5410. The number of amides is 2. The Morgan fingerprint density at radius 1 is 0.396 bits per heavy atom. The molecule has 5 aliphatic carbocycles. The Morgan fingerprint density at radius 3 is 1.04 bits per heavy atom. The average Bonchev–Trinajstić information content (AvgIpc) is 0.696. The second kappa shape index (κ2) is 53.5. The van der Waals surface area contributed by atoms with Gasteiger partial charge in [0.2, 0.25) is 11.8 Å². The largest absolute Gasteiger partial charge is 0.573 e. The number of benzene rings is 7. The summed E-state index contributed by atoms with van der Waals surface area (Å²) in [5, 5.41) is 33.2. The summed E-state index contributed by atoms with van der Waals surface area (Å²) < 4.78 is 62.3. The van der Waals surface area contributed by atoms with Gasteiger partial charge in [-0.15, -0.1) is 13.2 Å². The lowest BCUT2D eigenvalue weighted by Gasteiger charge is -2.33. The number of nitrogens with one attached hydrogen (secondary N) is 2. The van der Waals surface area contributed by atoms with E-state index in [9.17, 15) is 51.5 Å². The highest BCUT2D eigenvalue weighted by molar-refractivity contribution is 9.09. The first-order valence-corrected chi connectivity index (χ1v) is 46.0. The van der Waals surface area contributed by atoms with Crippen molar-refractivity contribution in [2.45, 2.75) is 149 Å². The number of carboxylic acid groups (broad SMARTS) is 2. The average molecular weight is 1920 g/mol. The number of carbonyl (C=O) groups excluding carboxylic acids is 6. The summed E-state index contributed by atoms with van der Waals surface area (Å²) >= 11 is 8.87. The van der Waals surface area contributed by atoms with Gasteiger partial charge >= 0.3 is 42.2 Å². The Labute approximate surface area is 791 Å². The molecule has 4 aromatic heterocycles. The molecule has 24 nitrogen and oxygen atoms in total. The number of carbonyl (C=O) groups is 8. The number of anilines is 4. The normalized spacial score (nSPS) is 18.4. The number of aromatic nitrogens is 4. The van der Waals surface area contributed by atoms with Crippen LogP contribution in [0.25, 0.3) is 0 Å². The SMILES string of the molecule is Cc1cccc(CC(=O)Nc2ccc(CC3CC(C(=O)O)C3)nc2)c1.Cc1cccc(CC(=O)O)c1.Nc1ccc(CC2CC(C(=O)OCc3ccccc3)C2)nc1.Nc1ccc(Cl)nc1.O=C(Cc1cccc(OC(F)(F)F)c1)Nc1ccc(CC2CC(C(=O)OCc3ccccc3)C2)nc1.O=C(OCc1ccccc1)C1CC(CBr)C1.O=C(OCc1ccccc1)C1CC(CO)C1. The van der Waals surface area contributed by atoms with Crippen LogP contribution < -0.4 is 26.8 Å². The molecule has 11 aromatic rings. The topological polar surface area (TPSA) is 371 Å². The number of nitrogens with zero attached hydrogens (tertiary/aromatic N) is 4. The number of hydrogen-bond donors (Lipinski definition) is 7. The van der Waals surface area contributed by atoms with Crippen LogP contribution in [0.3, 0.4) is 0 Å². The molecule has 7 aromatic carbocycles. The summed E-state index contributed by atoms with van der Waals surface area (Å²) in [5.41, 5.74) is 24.8. The molecule has 0 atom stereocenters.